The van der Waals surface area contributed by atoms with Crippen LogP contribution in [0.5, 0.6) is 0 Å². The van der Waals surface area contributed by atoms with Crippen molar-refractivity contribution in [2.75, 3.05) is 12.3 Å². The Hall–Kier alpha value is 0.840. The van der Waals surface area contributed by atoms with Crippen LogP contribution in [0.4, 0.5) is 0 Å². The van der Waals surface area contributed by atoms with E-state index in [9.17, 15) is 0 Å². The zero-order chi connectivity index (χ0) is 18.2. The van der Waals surface area contributed by atoms with Crippen molar-refractivity contribution in [2.24, 2.45) is 0 Å². The van der Waals surface area contributed by atoms with Gasteiger partial charge in [0.05, 0.1) is 0 Å². The van der Waals surface area contributed by atoms with Gasteiger partial charge in [0, 0.05) is 0 Å². The Balaban J connectivity index is 0.00000338. The maximum atomic E-state index is 2.64. The molecule has 0 aliphatic heterocycles. The minimum atomic E-state index is 0. The van der Waals surface area contributed by atoms with Crippen molar-refractivity contribution >= 4 is 14.0 Å². The van der Waals surface area contributed by atoms with Crippen molar-refractivity contribution in [3.63, 3.8) is 0 Å². The van der Waals surface area contributed by atoms with E-state index in [-0.39, 0.29) is 32.7 Å². The summed E-state index contributed by atoms with van der Waals surface area (Å²) >= 11 is 1.28. The monoisotopic (exact) mass is 593 g/mol. The standard InChI is InChI=1S/C23H36P.2ClH.Hf/c1-5-7-9-11-15-24(16-12-10-8-6-2)21-17-22-19(3)13-14-20(4)23(22)18-21;;;/h13-14,17-18H,5-12,15-16H2,1-4H3;2*1H;/q;;;+2/p-2. The molecule has 0 spiro atoms. The smallest absolute Gasteiger partial charge is 1.00 e. The van der Waals surface area contributed by atoms with Gasteiger partial charge in [-0.05, 0) is 0 Å². The van der Waals surface area contributed by atoms with Crippen molar-refractivity contribution in [2.45, 2.75) is 82.7 Å². The molecule has 0 bridgehead atoms. The van der Waals surface area contributed by atoms with E-state index < -0.39 is 0 Å². The molecule has 0 nitrogen and oxygen atoms in total. The number of fused-ring (bicyclic) bond motifs is 1. The van der Waals surface area contributed by atoms with Crippen LogP contribution >= 0.6 is 7.92 Å². The summed E-state index contributed by atoms with van der Waals surface area (Å²) in [6, 6.07) is 4.67. The van der Waals surface area contributed by atoms with Crippen molar-refractivity contribution in [1.29, 1.82) is 0 Å². The van der Waals surface area contributed by atoms with Gasteiger partial charge in [0.15, 0.2) is 0 Å². The van der Waals surface area contributed by atoms with Crippen LogP contribution in [-0.2, 0) is 24.4 Å². The molecule has 4 heteroatoms. The summed E-state index contributed by atoms with van der Waals surface area (Å²) in [7, 11) is 0.0903. The first-order chi connectivity index (χ1) is 12.1. The molecule has 1 aliphatic carbocycles. The molecule has 0 amide bonds. The fourth-order valence-electron chi connectivity index (χ4n) is 3.91. The maximum Gasteiger partial charge on any atom is -1.00 e. The molecule has 1 aromatic carbocycles. The van der Waals surface area contributed by atoms with Gasteiger partial charge in [-0.25, -0.2) is 0 Å². The summed E-state index contributed by atoms with van der Waals surface area (Å²) in [5, 5.41) is 1.86. The van der Waals surface area contributed by atoms with E-state index in [0.29, 0.717) is 0 Å². The van der Waals surface area contributed by atoms with Gasteiger partial charge >= 0.3 is 173 Å². The third kappa shape index (κ3) is 7.88. The van der Waals surface area contributed by atoms with Crippen LogP contribution in [0.2, 0.25) is 0 Å². The molecule has 0 N–H and O–H groups in total. The summed E-state index contributed by atoms with van der Waals surface area (Å²) in [6.45, 7) is 9.27. The summed E-state index contributed by atoms with van der Waals surface area (Å²) in [5.74, 6) is 0. The number of hydrogen-bond acceptors (Lipinski definition) is 0. The second-order valence-electron chi connectivity index (χ2n) is 7.64. The largest absolute Gasteiger partial charge is 1.00 e. The van der Waals surface area contributed by atoms with Gasteiger partial charge in [0.25, 0.3) is 0 Å². The summed E-state index contributed by atoms with van der Waals surface area (Å²) in [4.78, 5) is 0. The maximum absolute atomic E-state index is 2.64. The van der Waals surface area contributed by atoms with Crippen LogP contribution < -0.4 is 24.8 Å². The third-order valence-electron chi connectivity index (χ3n) is 5.53. The summed E-state index contributed by atoms with van der Waals surface area (Å²) < 4.78 is 0.790. The normalized spacial score (nSPS) is 15.2. The summed E-state index contributed by atoms with van der Waals surface area (Å²) in [6.07, 6.45) is 16.9. The molecule has 0 aromatic heterocycles. The molecule has 151 valence electrons. The number of halogens is 2. The first-order valence-electron chi connectivity index (χ1n) is 10.4. The zero-order valence-electron chi connectivity index (χ0n) is 17.6. The number of unbranched alkanes of at least 4 members (excludes halogenated alkanes) is 6. The van der Waals surface area contributed by atoms with E-state index in [1.165, 1.54) is 99.2 Å². The van der Waals surface area contributed by atoms with Crippen LogP contribution in [0, 0.1) is 13.8 Å². The van der Waals surface area contributed by atoms with Crippen molar-refractivity contribution in [1.82, 2.24) is 0 Å². The molecule has 0 saturated heterocycles. The van der Waals surface area contributed by atoms with Crippen molar-refractivity contribution in [3.05, 3.63) is 39.7 Å². The van der Waals surface area contributed by atoms with Gasteiger partial charge in [-0.1, -0.05) is 0 Å². The topological polar surface area (TPSA) is 0 Å². The minimum absolute atomic E-state index is 0. The Labute approximate surface area is 196 Å². The van der Waals surface area contributed by atoms with E-state index >= 15 is 0 Å². The first-order valence-corrected chi connectivity index (χ1v) is 14.2. The van der Waals surface area contributed by atoms with E-state index in [1.54, 1.807) is 11.1 Å². The Morgan fingerprint density at radius 2 is 1.33 bits per heavy atom. The SMILES string of the molecule is CCCCCCP(CCCCCC)C1=Cc2c(C)ccc(C)c2[CH]1[Hf+2].[Cl-].[Cl-]. The molecule has 0 heterocycles. The van der Waals surface area contributed by atoms with E-state index in [0.717, 1.165) is 3.67 Å². The molecule has 0 radical (unpaired) electrons. The van der Waals surface area contributed by atoms with Gasteiger partial charge in [-0.3, -0.25) is 0 Å². The second-order valence-corrected chi connectivity index (χ2v) is 12.2. The van der Waals surface area contributed by atoms with E-state index in [2.05, 4.69) is 45.9 Å². The Kier molecular flexibility index (Phi) is 15.2. The van der Waals surface area contributed by atoms with Gasteiger partial charge in [0.1, 0.15) is 0 Å². The molecule has 27 heavy (non-hydrogen) atoms. The van der Waals surface area contributed by atoms with Crippen LogP contribution in [-0.4, -0.2) is 12.3 Å². The fraction of sp³-hybridized carbons (Fsp3) is 0.652. The minimum Gasteiger partial charge on any atom is -1.00 e. The molecular weight excluding hydrogens is 557 g/mol. The Bertz CT molecular complexity index is 574. The first kappa shape index (κ1) is 27.8. The molecular formula is C23H36Cl2HfP. The Morgan fingerprint density at radius 1 is 0.815 bits per heavy atom. The van der Waals surface area contributed by atoms with E-state index in [1.807, 2.05) is 5.31 Å². The molecule has 0 saturated carbocycles. The number of hydrogen-bond donors (Lipinski definition) is 0. The van der Waals surface area contributed by atoms with Gasteiger partial charge in [0.2, 0.25) is 0 Å². The molecule has 2 rings (SSSR count). The quantitative estimate of drug-likeness (QED) is 0.209. The van der Waals surface area contributed by atoms with Gasteiger partial charge in [-0.2, -0.15) is 0 Å². The predicted molar refractivity (Wildman–Crippen MR) is 112 cm³/mol. The number of aryl methyl sites for hydroxylation is 2. The third-order valence-corrected chi connectivity index (χ3v) is 11.4. The predicted octanol–water partition coefficient (Wildman–Crippen LogP) is 1.90. The average Bonchev–Trinajstić information content (AvgIpc) is 2.95. The second kappa shape index (κ2) is 14.8. The van der Waals surface area contributed by atoms with Crippen molar-refractivity contribution in [3.8, 4) is 0 Å². The van der Waals surface area contributed by atoms with Crippen molar-refractivity contribution < 1.29 is 49.2 Å². The fourth-order valence-corrected chi connectivity index (χ4v) is 10.3. The van der Waals surface area contributed by atoms with Gasteiger partial charge < -0.3 is 24.8 Å². The molecule has 1 aromatic rings. The zero-order valence-corrected chi connectivity index (χ0v) is 23.6. The average molecular weight is 593 g/mol. The van der Waals surface area contributed by atoms with Gasteiger partial charge in [-0.15, -0.1) is 0 Å². The van der Waals surface area contributed by atoms with E-state index in [4.69, 9.17) is 0 Å². The molecule has 1 unspecified atom stereocenters. The summed E-state index contributed by atoms with van der Waals surface area (Å²) in [5.41, 5.74) is 6.29. The number of benzene rings is 1. The van der Waals surface area contributed by atoms with Crippen LogP contribution in [0.3, 0.4) is 0 Å². The number of rotatable bonds is 11. The van der Waals surface area contributed by atoms with Crippen LogP contribution in [0.1, 0.15) is 91.1 Å². The van der Waals surface area contributed by atoms with Crippen LogP contribution in [0.15, 0.2) is 17.4 Å². The number of allylic oxidation sites excluding steroid dienone is 1. The molecule has 1 atom stereocenters. The Morgan fingerprint density at radius 3 is 1.81 bits per heavy atom. The molecule has 1 aliphatic rings. The van der Waals surface area contributed by atoms with Crippen LogP contribution in [0.25, 0.3) is 6.08 Å². The molecule has 0 fully saturated rings.